The number of aliphatic carboxylic acids is 1. The van der Waals surface area contributed by atoms with E-state index in [0.717, 1.165) is 6.07 Å². The van der Waals surface area contributed by atoms with E-state index in [9.17, 15) is 14.0 Å². The fourth-order valence-electron chi connectivity index (χ4n) is 2.54. The molecular formula is C17H10Cl2FNO3. The van der Waals surface area contributed by atoms with Crippen molar-refractivity contribution in [2.24, 2.45) is 0 Å². The number of halogens is 3. The van der Waals surface area contributed by atoms with Crippen LogP contribution in [0.2, 0.25) is 10.0 Å². The van der Waals surface area contributed by atoms with E-state index in [1.807, 2.05) is 0 Å². The van der Waals surface area contributed by atoms with Gasteiger partial charge in [-0.2, -0.15) is 0 Å². The number of nitrogens with one attached hydrogen (secondary N) is 1. The molecule has 0 saturated heterocycles. The Labute approximate surface area is 145 Å². The number of carboxylic acid groups (broad SMARTS) is 1. The topological polar surface area (TPSA) is 70.2 Å². The number of benzene rings is 2. The lowest BCUT2D eigenvalue weighted by molar-refractivity contribution is -0.136. The van der Waals surface area contributed by atoms with E-state index in [1.54, 1.807) is 18.2 Å². The molecule has 0 bridgehead atoms. The second kappa shape index (κ2) is 6.26. The molecule has 3 aromatic rings. The minimum Gasteiger partial charge on any atom is -0.481 e. The zero-order chi connectivity index (χ0) is 17.4. The molecule has 0 unspecified atom stereocenters. The van der Waals surface area contributed by atoms with E-state index in [-0.39, 0.29) is 22.7 Å². The summed E-state index contributed by atoms with van der Waals surface area (Å²) in [7, 11) is 0. The van der Waals surface area contributed by atoms with Gasteiger partial charge in [0.05, 0.1) is 17.1 Å². The lowest BCUT2D eigenvalue weighted by Crippen LogP contribution is -2.09. The molecule has 2 aromatic carbocycles. The second-order valence-electron chi connectivity index (χ2n) is 5.20. The highest BCUT2D eigenvalue weighted by atomic mass is 35.5. The van der Waals surface area contributed by atoms with Crippen LogP contribution >= 0.6 is 23.2 Å². The fraction of sp³-hybridized carbons (Fsp3) is 0.0588. The first-order valence-electron chi connectivity index (χ1n) is 6.88. The van der Waals surface area contributed by atoms with Crippen LogP contribution in [0, 0.1) is 5.82 Å². The number of carboxylic acids is 1. The Hall–Kier alpha value is -2.37. The van der Waals surface area contributed by atoms with Crippen molar-refractivity contribution >= 4 is 45.9 Å². The third kappa shape index (κ3) is 3.00. The van der Waals surface area contributed by atoms with Crippen molar-refractivity contribution in [1.29, 1.82) is 0 Å². The summed E-state index contributed by atoms with van der Waals surface area (Å²) in [6, 6.07) is 8.54. The minimum atomic E-state index is -1.08. The first kappa shape index (κ1) is 16.5. The molecule has 122 valence electrons. The van der Waals surface area contributed by atoms with Gasteiger partial charge in [0, 0.05) is 27.1 Å². The van der Waals surface area contributed by atoms with Gasteiger partial charge in [0.15, 0.2) is 0 Å². The predicted octanol–water partition coefficient (Wildman–Crippen LogP) is 4.47. The summed E-state index contributed by atoms with van der Waals surface area (Å²) in [4.78, 5) is 26.7. The van der Waals surface area contributed by atoms with Gasteiger partial charge in [-0.25, -0.2) is 4.39 Å². The Bertz CT molecular complexity index is 981. The molecule has 0 radical (unpaired) electrons. The molecule has 1 aromatic heterocycles. The lowest BCUT2D eigenvalue weighted by atomic mass is 10.0. The van der Waals surface area contributed by atoms with Gasteiger partial charge < -0.3 is 10.1 Å². The molecule has 7 heteroatoms. The molecule has 0 aliphatic carbocycles. The number of H-pyrrole nitrogens is 1. The molecule has 2 N–H and O–H groups in total. The summed E-state index contributed by atoms with van der Waals surface area (Å²) >= 11 is 11.6. The number of fused-ring (bicyclic) bond motifs is 1. The van der Waals surface area contributed by atoms with Gasteiger partial charge >= 0.3 is 5.97 Å². The summed E-state index contributed by atoms with van der Waals surface area (Å²) < 4.78 is 13.6. The van der Waals surface area contributed by atoms with Crippen molar-refractivity contribution in [3.8, 4) is 0 Å². The van der Waals surface area contributed by atoms with E-state index in [1.165, 1.54) is 12.1 Å². The molecular weight excluding hydrogens is 356 g/mol. The molecule has 24 heavy (non-hydrogen) atoms. The molecule has 3 rings (SSSR count). The van der Waals surface area contributed by atoms with Gasteiger partial charge in [-0.05, 0) is 30.3 Å². The van der Waals surface area contributed by atoms with Crippen LogP contribution in [0.4, 0.5) is 4.39 Å². The molecule has 0 saturated carbocycles. The molecule has 4 nitrogen and oxygen atoms in total. The van der Waals surface area contributed by atoms with E-state index < -0.39 is 17.6 Å². The van der Waals surface area contributed by atoms with Gasteiger partial charge in [-0.1, -0.05) is 29.3 Å². The quantitative estimate of drug-likeness (QED) is 0.670. The first-order valence-corrected chi connectivity index (χ1v) is 7.64. The normalized spacial score (nSPS) is 11.0. The Morgan fingerprint density at radius 3 is 2.54 bits per heavy atom. The Morgan fingerprint density at radius 1 is 1.12 bits per heavy atom. The Balaban J connectivity index is 2.18. The van der Waals surface area contributed by atoms with E-state index in [2.05, 4.69) is 4.98 Å². The maximum atomic E-state index is 13.6. The summed E-state index contributed by atoms with van der Waals surface area (Å²) in [5, 5.41) is 10.1. The van der Waals surface area contributed by atoms with Crippen LogP contribution in [0.25, 0.3) is 10.9 Å². The summed E-state index contributed by atoms with van der Waals surface area (Å²) in [6.45, 7) is 0. The third-order valence-electron chi connectivity index (χ3n) is 3.61. The number of hydrogen-bond acceptors (Lipinski definition) is 2. The number of hydrogen-bond donors (Lipinski definition) is 2. The maximum absolute atomic E-state index is 13.6. The third-order valence-corrected chi connectivity index (χ3v) is 4.15. The summed E-state index contributed by atoms with van der Waals surface area (Å²) in [5.41, 5.74) is 1.03. The van der Waals surface area contributed by atoms with Crippen LogP contribution in [0.5, 0.6) is 0 Å². The highest BCUT2D eigenvalue weighted by molar-refractivity contribution is 6.31. The van der Waals surface area contributed by atoms with Crippen molar-refractivity contribution in [2.45, 2.75) is 6.42 Å². The number of aromatic amines is 1. The number of carbonyl (C=O) groups is 2. The SMILES string of the molecule is O=C(O)Cc1c(C(=O)c2ccc(Cl)c(F)c2)[nH]c2cc(Cl)ccc12. The largest absolute Gasteiger partial charge is 0.481 e. The van der Waals surface area contributed by atoms with Crippen molar-refractivity contribution in [2.75, 3.05) is 0 Å². The van der Waals surface area contributed by atoms with Gasteiger partial charge in [-0.15, -0.1) is 0 Å². The van der Waals surface area contributed by atoms with Gasteiger partial charge in [0.2, 0.25) is 5.78 Å². The van der Waals surface area contributed by atoms with E-state index in [0.29, 0.717) is 21.5 Å². The van der Waals surface area contributed by atoms with E-state index in [4.69, 9.17) is 28.3 Å². The van der Waals surface area contributed by atoms with Crippen LogP contribution < -0.4 is 0 Å². The summed E-state index contributed by atoms with van der Waals surface area (Å²) in [5.74, 6) is -2.32. The number of ketones is 1. The average molecular weight is 366 g/mol. The highest BCUT2D eigenvalue weighted by Gasteiger charge is 2.21. The maximum Gasteiger partial charge on any atom is 0.307 e. The molecule has 0 amide bonds. The molecule has 0 aliphatic rings. The van der Waals surface area contributed by atoms with Gasteiger partial charge in [0.25, 0.3) is 0 Å². The van der Waals surface area contributed by atoms with Crippen LogP contribution in [0.1, 0.15) is 21.6 Å². The van der Waals surface area contributed by atoms with Crippen LogP contribution in [0.3, 0.4) is 0 Å². The van der Waals surface area contributed by atoms with Gasteiger partial charge in [-0.3, -0.25) is 9.59 Å². The lowest BCUT2D eigenvalue weighted by Gasteiger charge is -2.03. The van der Waals surface area contributed by atoms with Crippen molar-refractivity contribution in [3.63, 3.8) is 0 Å². The molecule has 1 heterocycles. The smallest absolute Gasteiger partial charge is 0.307 e. The zero-order valence-electron chi connectivity index (χ0n) is 12.1. The monoisotopic (exact) mass is 365 g/mol. The number of aromatic nitrogens is 1. The zero-order valence-corrected chi connectivity index (χ0v) is 13.6. The van der Waals surface area contributed by atoms with E-state index >= 15 is 0 Å². The highest BCUT2D eigenvalue weighted by Crippen LogP contribution is 2.28. The molecule has 0 atom stereocenters. The van der Waals surface area contributed by atoms with Crippen molar-refractivity contribution < 1.29 is 19.1 Å². The number of rotatable bonds is 4. The van der Waals surface area contributed by atoms with Crippen LogP contribution in [0.15, 0.2) is 36.4 Å². The first-order chi connectivity index (χ1) is 11.4. The summed E-state index contributed by atoms with van der Waals surface area (Å²) in [6.07, 6.45) is -0.348. The minimum absolute atomic E-state index is 0.0705. The fourth-order valence-corrected chi connectivity index (χ4v) is 2.83. The standard InChI is InChI=1S/C17H10Cl2FNO3/c18-9-2-3-10-11(7-15(22)23)16(21-14(10)6-9)17(24)8-1-4-12(19)13(20)5-8/h1-6,21H,7H2,(H,22,23). The number of carbonyl (C=O) groups excluding carboxylic acids is 1. The van der Waals surface area contributed by atoms with Crippen LogP contribution in [-0.4, -0.2) is 21.8 Å². The average Bonchev–Trinajstić information content (AvgIpc) is 2.86. The van der Waals surface area contributed by atoms with Crippen LogP contribution in [-0.2, 0) is 11.2 Å². The predicted molar refractivity (Wildman–Crippen MR) is 89.5 cm³/mol. The molecule has 0 fully saturated rings. The van der Waals surface area contributed by atoms with Gasteiger partial charge in [0.1, 0.15) is 5.82 Å². The Morgan fingerprint density at radius 2 is 1.88 bits per heavy atom. The molecule has 0 aliphatic heterocycles. The second-order valence-corrected chi connectivity index (χ2v) is 6.04. The Kier molecular flexibility index (Phi) is 4.30. The molecule has 0 spiro atoms. The van der Waals surface area contributed by atoms with Crippen molar-refractivity contribution in [3.05, 3.63) is 69.1 Å². The van der Waals surface area contributed by atoms with Crippen molar-refractivity contribution in [1.82, 2.24) is 4.98 Å².